The molecule has 8 rings (SSSR count). The van der Waals surface area contributed by atoms with Crippen LogP contribution in [0.5, 0.6) is 17.2 Å². The number of rotatable bonds is 12. The molecule has 0 radical (unpaired) electrons. The number of aliphatic carboxylic acids is 1. The van der Waals surface area contributed by atoms with E-state index < -0.39 is 11.5 Å². The topological polar surface area (TPSA) is 124 Å². The Hall–Kier alpha value is -4.54. The van der Waals surface area contributed by atoms with Gasteiger partial charge in [0, 0.05) is 60.6 Å². The lowest BCUT2D eigenvalue weighted by Crippen LogP contribution is -2.53. The number of carbonyl (C=O) groups is 1. The van der Waals surface area contributed by atoms with Crippen molar-refractivity contribution in [1.82, 2.24) is 14.9 Å². The summed E-state index contributed by atoms with van der Waals surface area (Å²) < 4.78 is 21.1. The van der Waals surface area contributed by atoms with Gasteiger partial charge in [0.05, 0.1) is 6.61 Å². The largest absolute Gasteiger partial charge is 0.493 e. The van der Waals surface area contributed by atoms with Crippen molar-refractivity contribution in [1.29, 1.82) is 0 Å². The molecule has 4 aromatic rings. The van der Waals surface area contributed by atoms with Crippen LogP contribution in [0.15, 0.2) is 71.8 Å². The van der Waals surface area contributed by atoms with Crippen LogP contribution in [-0.2, 0) is 36.6 Å². The Labute approximate surface area is 333 Å². The summed E-state index contributed by atoms with van der Waals surface area (Å²) in [5.74, 6) is 2.64. The molecule has 3 N–H and O–H groups in total. The third-order valence-electron chi connectivity index (χ3n) is 12.9. The van der Waals surface area contributed by atoms with Gasteiger partial charge in [-0.2, -0.15) is 0 Å². The van der Waals surface area contributed by atoms with Gasteiger partial charge in [0.25, 0.3) is 0 Å². The summed E-state index contributed by atoms with van der Waals surface area (Å²) in [5.41, 5.74) is 5.33. The number of fused-ring (bicyclic) bond motifs is 4. The molecule has 11 heteroatoms. The number of nitrogens with one attached hydrogen (secondary N) is 2. The molecule has 2 aromatic carbocycles. The molecule has 1 fully saturated rings. The highest BCUT2D eigenvalue weighted by Crippen LogP contribution is 2.58. The smallest absolute Gasteiger partial charge is 0.329 e. The summed E-state index contributed by atoms with van der Waals surface area (Å²) in [6, 6.07) is 17.1. The molecule has 0 bridgehead atoms. The van der Waals surface area contributed by atoms with E-state index in [0.717, 1.165) is 61.3 Å². The number of nitrogens with zero attached hydrogens (tertiary/aromatic N) is 2. The van der Waals surface area contributed by atoms with Gasteiger partial charge in [-0.05, 0) is 134 Å². The maximum Gasteiger partial charge on any atom is 0.329 e. The van der Waals surface area contributed by atoms with E-state index in [9.17, 15) is 14.7 Å². The highest BCUT2D eigenvalue weighted by atomic mass is 35.5. The van der Waals surface area contributed by atoms with Crippen LogP contribution in [0, 0.1) is 11.8 Å². The van der Waals surface area contributed by atoms with Gasteiger partial charge in [-0.3, -0.25) is 9.78 Å². The number of ether oxygens (including phenoxy) is 3. The Balaban J connectivity index is 1.02. The van der Waals surface area contributed by atoms with Crippen molar-refractivity contribution in [3.05, 3.63) is 110 Å². The van der Waals surface area contributed by atoms with E-state index in [2.05, 4.69) is 41.6 Å². The fourth-order valence-electron chi connectivity index (χ4n) is 9.95. The Bertz CT molecular complexity index is 2150. The van der Waals surface area contributed by atoms with Crippen molar-refractivity contribution in [3.8, 4) is 17.2 Å². The predicted molar refractivity (Wildman–Crippen MR) is 217 cm³/mol. The number of aryl methyl sites for hydroxylation is 2. The summed E-state index contributed by atoms with van der Waals surface area (Å²) in [7, 11) is 1.75. The van der Waals surface area contributed by atoms with Crippen molar-refractivity contribution in [3.63, 3.8) is 0 Å². The Morgan fingerprint density at radius 2 is 1.96 bits per heavy atom. The third-order valence-corrected chi connectivity index (χ3v) is 13.2. The number of carboxylic acid groups (broad SMARTS) is 1. The summed E-state index contributed by atoms with van der Waals surface area (Å²) in [6.07, 6.45) is 11.1. The van der Waals surface area contributed by atoms with E-state index in [4.69, 9.17) is 25.8 Å². The summed E-state index contributed by atoms with van der Waals surface area (Å²) in [5, 5.41) is 18.2. The molecule has 4 atom stereocenters. The maximum atomic E-state index is 13.1. The molecular weight excluding hydrogens is 728 g/mol. The lowest BCUT2D eigenvalue weighted by molar-refractivity contribution is -0.144. The van der Waals surface area contributed by atoms with E-state index >= 15 is 0 Å². The molecule has 296 valence electrons. The molecule has 2 aromatic heterocycles. The number of hydrogen-bond donors (Lipinski definition) is 3. The fourth-order valence-corrected chi connectivity index (χ4v) is 10.1. The molecule has 4 aliphatic rings. The number of carboxylic acids is 1. The Morgan fingerprint density at radius 1 is 1.12 bits per heavy atom. The first kappa shape index (κ1) is 38.3. The molecule has 1 aliphatic heterocycles. The average molecular weight is 781 g/mol. The fraction of sp³-hybridized carbons (Fsp3) is 0.489. The van der Waals surface area contributed by atoms with Gasteiger partial charge >= 0.3 is 5.97 Å². The summed E-state index contributed by atoms with van der Waals surface area (Å²) >= 11 is 6.31. The van der Waals surface area contributed by atoms with Crippen molar-refractivity contribution in [2.24, 2.45) is 18.9 Å². The van der Waals surface area contributed by atoms with E-state index in [1.54, 1.807) is 29.8 Å². The molecule has 0 amide bonds. The van der Waals surface area contributed by atoms with E-state index in [1.807, 2.05) is 36.7 Å². The normalized spacial score (nSPS) is 25.6. The lowest BCUT2D eigenvalue weighted by atomic mass is 9.59. The second kappa shape index (κ2) is 15.8. The molecular formula is C45H53ClN4O6. The second-order valence-corrected chi connectivity index (χ2v) is 17.3. The lowest BCUT2D eigenvalue weighted by Gasteiger charge is -2.47. The van der Waals surface area contributed by atoms with E-state index in [1.165, 1.54) is 28.8 Å². The molecule has 3 heterocycles. The predicted octanol–water partition coefficient (Wildman–Crippen LogP) is 7.83. The third kappa shape index (κ3) is 7.62. The first-order chi connectivity index (χ1) is 27.0. The molecule has 2 unspecified atom stereocenters. The van der Waals surface area contributed by atoms with Crippen LogP contribution in [0.2, 0.25) is 5.02 Å². The minimum Gasteiger partial charge on any atom is -0.493 e. The number of anilines is 1. The van der Waals surface area contributed by atoms with Crippen molar-refractivity contribution < 1.29 is 24.1 Å². The van der Waals surface area contributed by atoms with Gasteiger partial charge in [-0.15, -0.1) is 0 Å². The van der Waals surface area contributed by atoms with Gasteiger partial charge in [-0.1, -0.05) is 37.6 Å². The van der Waals surface area contributed by atoms with E-state index in [0.29, 0.717) is 61.7 Å². The molecule has 1 saturated carbocycles. The number of aromatic nitrogens is 2. The second-order valence-electron chi connectivity index (χ2n) is 16.8. The zero-order valence-electron chi connectivity index (χ0n) is 32.6. The van der Waals surface area contributed by atoms with Gasteiger partial charge < -0.3 is 34.5 Å². The molecule has 56 heavy (non-hydrogen) atoms. The van der Waals surface area contributed by atoms with Gasteiger partial charge in [0.15, 0.2) is 11.5 Å². The standard InChI is InChI=1S/C45H53ClN4O6/c1-28(26-54-38-12-17-48-37-9-4-6-29(2)42(37)38)18-32-19-31-20-39-40(56-35(27-55-39)24-47-23-30-10-11-41(51)50(3)25-30)22-36(31)44(32)13-15-45(16-14-44,43(52)53)49-34-8-5-7-33(46)21-34/h5,7-8,10-12,17,20-22,25,28-29,32,35,47,49H,4,6,9,13-16,18-19,23-24,26-27H2,1-3H3,(H,52,53)/t28-,29-,32?,35?,44?,45?/m1/s1. The van der Waals surface area contributed by atoms with Crippen LogP contribution in [0.25, 0.3) is 0 Å². The van der Waals surface area contributed by atoms with Crippen LogP contribution in [0.3, 0.4) is 0 Å². The number of halogens is 1. The zero-order chi connectivity index (χ0) is 39.0. The van der Waals surface area contributed by atoms with Crippen molar-refractivity contribution >= 4 is 23.3 Å². The highest BCUT2D eigenvalue weighted by molar-refractivity contribution is 6.30. The number of hydrogen-bond acceptors (Lipinski definition) is 8. The monoisotopic (exact) mass is 780 g/mol. The minimum absolute atomic E-state index is 0.0356. The van der Waals surface area contributed by atoms with Crippen LogP contribution in [0.1, 0.15) is 92.7 Å². The first-order valence-corrected chi connectivity index (χ1v) is 20.6. The van der Waals surface area contributed by atoms with Gasteiger partial charge in [0.1, 0.15) is 24.0 Å². The average Bonchev–Trinajstić information content (AvgIpc) is 3.45. The number of pyridine rings is 2. The van der Waals surface area contributed by atoms with Crippen LogP contribution in [0.4, 0.5) is 5.69 Å². The minimum atomic E-state index is -1.11. The zero-order valence-corrected chi connectivity index (χ0v) is 33.4. The summed E-state index contributed by atoms with van der Waals surface area (Å²) in [6.45, 7) is 6.79. The van der Waals surface area contributed by atoms with Crippen molar-refractivity contribution in [2.75, 3.05) is 25.1 Å². The molecule has 0 saturated heterocycles. The van der Waals surface area contributed by atoms with Crippen LogP contribution >= 0.6 is 11.6 Å². The van der Waals surface area contributed by atoms with Crippen molar-refractivity contribution in [2.45, 2.75) is 101 Å². The maximum absolute atomic E-state index is 13.1. The van der Waals surface area contributed by atoms with Gasteiger partial charge in [-0.25, -0.2) is 4.79 Å². The Kier molecular flexibility index (Phi) is 10.8. The SMILES string of the molecule is C[C@@H](COc1ccnc2c1[C@H](C)CCC2)CC1Cc2cc3c(cc2C12CCC(Nc1cccc(Cl)c1)(C(=O)O)CC2)OC(CNCc1ccc(=O)n(C)c1)CO3. The van der Waals surface area contributed by atoms with Crippen LogP contribution < -0.4 is 30.4 Å². The molecule has 3 aliphatic carbocycles. The van der Waals surface area contributed by atoms with Gasteiger partial charge in [0.2, 0.25) is 5.56 Å². The highest BCUT2D eigenvalue weighted by Gasteiger charge is 2.54. The number of benzene rings is 2. The van der Waals surface area contributed by atoms with Crippen LogP contribution in [-0.4, -0.2) is 52.0 Å². The molecule has 10 nitrogen and oxygen atoms in total. The Morgan fingerprint density at radius 3 is 2.75 bits per heavy atom. The quantitative estimate of drug-likeness (QED) is 0.132. The van der Waals surface area contributed by atoms with E-state index in [-0.39, 0.29) is 23.0 Å². The first-order valence-electron chi connectivity index (χ1n) is 20.2. The summed E-state index contributed by atoms with van der Waals surface area (Å²) in [4.78, 5) is 29.6. The molecule has 1 spiro atoms.